The predicted molar refractivity (Wildman–Crippen MR) is 80.0 cm³/mol. The lowest BCUT2D eigenvalue weighted by atomic mass is 9.84. The summed E-state index contributed by atoms with van der Waals surface area (Å²) in [5, 5.41) is 12.6. The van der Waals surface area contributed by atoms with E-state index in [1.165, 1.54) is 0 Å². The van der Waals surface area contributed by atoms with Gasteiger partial charge < -0.3 is 10.4 Å². The molecule has 2 atom stereocenters. The van der Waals surface area contributed by atoms with Crippen LogP contribution in [0.15, 0.2) is 22.7 Å². The van der Waals surface area contributed by atoms with Gasteiger partial charge in [0, 0.05) is 15.5 Å². The van der Waals surface area contributed by atoms with Gasteiger partial charge >= 0.3 is 5.97 Å². The normalized spacial score (nSPS) is 22.3. The Kier molecular flexibility index (Phi) is 5.05. The van der Waals surface area contributed by atoms with E-state index in [-0.39, 0.29) is 11.9 Å². The molecule has 0 heterocycles. The first-order valence-electron chi connectivity index (χ1n) is 6.48. The number of hydrogen-bond acceptors (Lipinski definition) is 2. The minimum atomic E-state index is -0.842. The van der Waals surface area contributed by atoms with E-state index in [1.807, 2.05) is 0 Å². The van der Waals surface area contributed by atoms with E-state index < -0.39 is 11.9 Å². The number of rotatable bonds is 3. The quantitative estimate of drug-likeness (QED) is 0.867. The van der Waals surface area contributed by atoms with Crippen molar-refractivity contribution in [1.29, 1.82) is 0 Å². The second-order valence-corrected chi connectivity index (χ2v) is 6.22. The van der Waals surface area contributed by atoms with Crippen molar-refractivity contribution in [2.75, 3.05) is 0 Å². The number of halogens is 2. The molecule has 6 heteroatoms. The second-order valence-electron chi connectivity index (χ2n) is 4.93. The number of benzene rings is 1. The molecule has 2 rings (SSSR count). The van der Waals surface area contributed by atoms with Crippen LogP contribution >= 0.6 is 27.5 Å². The summed E-state index contributed by atoms with van der Waals surface area (Å²) >= 11 is 9.13. The van der Waals surface area contributed by atoms with Crippen molar-refractivity contribution in [3.05, 3.63) is 33.3 Å². The molecule has 0 radical (unpaired) electrons. The smallest absolute Gasteiger partial charge is 0.308 e. The van der Waals surface area contributed by atoms with Crippen LogP contribution < -0.4 is 5.32 Å². The molecule has 2 N–H and O–H groups in total. The standard InChI is InChI=1S/C14H15BrClNO3/c15-11-7-8(16)5-6-9(11)13(18)17-12-4-2-1-3-10(12)14(19)20/h5-7,10,12H,1-4H2,(H,17,18)(H,19,20). The highest BCUT2D eigenvalue weighted by Gasteiger charge is 2.32. The van der Waals surface area contributed by atoms with E-state index in [2.05, 4.69) is 21.2 Å². The van der Waals surface area contributed by atoms with Crippen LogP contribution in [0.25, 0.3) is 0 Å². The summed E-state index contributed by atoms with van der Waals surface area (Å²) in [5.74, 6) is -1.62. The van der Waals surface area contributed by atoms with E-state index in [4.69, 9.17) is 11.6 Å². The Morgan fingerprint density at radius 2 is 2.00 bits per heavy atom. The Balaban J connectivity index is 2.11. The van der Waals surface area contributed by atoms with E-state index in [0.717, 1.165) is 12.8 Å². The summed E-state index contributed by atoms with van der Waals surface area (Å²) in [6.07, 6.45) is 3.15. The first-order chi connectivity index (χ1) is 9.49. The molecule has 1 saturated carbocycles. The van der Waals surface area contributed by atoms with E-state index >= 15 is 0 Å². The zero-order valence-electron chi connectivity index (χ0n) is 10.7. The van der Waals surface area contributed by atoms with Gasteiger partial charge in [0.1, 0.15) is 0 Å². The molecule has 1 aliphatic rings. The van der Waals surface area contributed by atoms with Gasteiger partial charge in [-0.2, -0.15) is 0 Å². The summed E-state index contributed by atoms with van der Waals surface area (Å²) in [5.41, 5.74) is 0.462. The van der Waals surface area contributed by atoms with Gasteiger partial charge in [-0.15, -0.1) is 0 Å². The van der Waals surface area contributed by atoms with Gasteiger partial charge in [0.15, 0.2) is 0 Å². The highest BCUT2D eigenvalue weighted by molar-refractivity contribution is 9.10. The molecule has 1 aromatic carbocycles. The Bertz CT molecular complexity index is 535. The van der Waals surface area contributed by atoms with Crippen molar-refractivity contribution < 1.29 is 14.7 Å². The Morgan fingerprint density at radius 3 is 2.65 bits per heavy atom. The molecule has 1 amide bonds. The monoisotopic (exact) mass is 359 g/mol. The Labute approximate surface area is 130 Å². The van der Waals surface area contributed by atoms with Crippen molar-refractivity contribution in [2.45, 2.75) is 31.7 Å². The molecule has 20 heavy (non-hydrogen) atoms. The molecule has 108 valence electrons. The molecule has 0 aliphatic heterocycles. The fourth-order valence-electron chi connectivity index (χ4n) is 2.52. The van der Waals surface area contributed by atoms with Crippen LogP contribution in [0, 0.1) is 5.92 Å². The topological polar surface area (TPSA) is 66.4 Å². The minimum absolute atomic E-state index is 0.272. The number of carboxylic acids is 1. The van der Waals surface area contributed by atoms with Gasteiger partial charge in [0.05, 0.1) is 11.5 Å². The van der Waals surface area contributed by atoms with Gasteiger partial charge in [-0.3, -0.25) is 9.59 Å². The van der Waals surface area contributed by atoms with Crippen LogP contribution in [-0.2, 0) is 4.79 Å². The molecule has 1 fully saturated rings. The predicted octanol–water partition coefficient (Wildman–Crippen LogP) is 3.48. The molecule has 1 aromatic rings. The molecule has 4 nitrogen and oxygen atoms in total. The first-order valence-corrected chi connectivity index (χ1v) is 7.65. The largest absolute Gasteiger partial charge is 0.481 e. The maximum Gasteiger partial charge on any atom is 0.308 e. The van der Waals surface area contributed by atoms with Crippen LogP contribution in [0.1, 0.15) is 36.0 Å². The van der Waals surface area contributed by atoms with Crippen LogP contribution in [0.4, 0.5) is 0 Å². The second kappa shape index (κ2) is 6.59. The zero-order valence-corrected chi connectivity index (χ0v) is 13.1. The van der Waals surface area contributed by atoms with Gasteiger partial charge in [-0.05, 0) is 47.0 Å². The van der Waals surface area contributed by atoms with Crippen molar-refractivity contribution in [1.82, 2.24) is 5.32 Å². The van der Waals surface area contributed by atoms with Gasteiger partial charge in [-0.1, -0.05) is 24.4 Å². The molecule has 0 spiro atoms. The number of hydrogen-bond donors (Lipinski definition) is 2. The molecule has 1 aliphatic carbocycles. The lowest BCUT2D eigenvalue weighted by Gasteiger charge is -2.29. The number of aliphatic carboxylic acids is 1. The highest BCUT2D eigenvalue weighted by Crippen LogP contribution is 2.26. The SMILES string of the molecule is O=C(NC1CCCCC1C(=O)O)c1ccc(Cl)cc1Br. The summed E-state index contributed by atoms with van der Waals surface area (Å²) < 4.78 is 0.602. The van der Waals surface area contributed by atoms with E-state index in [1.54, 1.807) is 18.2 Å². The maximum absolute atomic E-state index is 12.2. The van der Waals surface area contributed by atoms with Crippen molar-refractivity contribution >= 4 is 39.4 Å². The summed E-state index contributed by atoms with van der Waals surface area (Å²) in [4.78, 5) is 23.5. The number of nitrogens with one attached hydrogen (secondary N) is 1. The number of carbonyl (C=O) groups excluding carboxylic acids is 1. The average molecular weight is 361 g/mol. The third kappa shape index (κ3) is 3.52. The third-order valence-electron chi connectivity index (χ3n) is 3.58. The lowest BCUT2D eigenvalue weighted by Crippen LogP contribution is -2.45. The molecule has 0 bridgehead atoms. The fraction of sp³-hybridized carbons (Fsp3) is 0.429. The van der Waals surface area contributed by atoms with Gasteiger partial charge in [0.2, 0.25) is 0 Å². The fourth-order valence-corrected chi connectivity index (χ4v) is 3.38. The Morgan fingerprint density at radius 1 is 1.30 bits per heavy atom. The molecule has 0 aromatic heterocycles. The van der Waals surface area contributed by atoms with Crippen molar-refractivity contribution in [3.8, 4) is 0 Å². The van der Waals surface area contributed by atoms with Gasteiger partial charge in [0.25, 0.3) is 5.91 Å². The van der Waals surface area contributed by atoms with Crippen LogP contribution in [0.2, 0.25) is 5.02 Å². The lowest BCUT2D eigenvalue weighted by molar-refractivity contribution is -0.143. The van der Waals surface area contributed by atoms with E-state index in [9.17, 15) is 14.7 Å². The summed E-state index contributed by atoms with van der Waals surface area (Å²) in [7, 11) is 0. The van der Waals surface area contributed by atoms with Gasteiger partial charge in [-0.25, -0.2) is 0 Å². The highest BCUT2D eigenvalue weighted by atomic mass is 79.9. The summed E-state index contributed by atoms with van der Waals surface area (Å²) in [6, 6.07) is 4.60. The summed E-state index contributed by atoms with van der Waals surface area (Å²) in [6.45, 7) is 0. The molecule has 2 unspecified atom stereocenters. The maximum atomic E-state index is 12.2. The zero-order chi connectivity index (χ0) is 14.7. The first kappa shape index (κ1) is 15.3. The molecular weight excluding hydrogens is 346 g/mol. The van der Waals surface area contributed by atoms with Crippen molar-refractivity contribution in [2.24, 2.45) is 5.92 Å². The van der Waals surface area contributed by atoms with Crippen LogP contribution in [-0.4, -0.2) is 23.0 Å². The van der Waals surface area contributed by atoms with Crippen LogP contribution in [0.3, 0.4) is 0 Å². The average Bonchev–Trinajstić information content (AvgIpc) is 2.38. The third-order valence-corrected chi connectivity index (χ3v) is 4.47. The number of carbonyl (C=O) groups is 2. The molecular formula is C14H15BrClNO3. The number of amides is 1. The molecule has 0 saturated heterocycles. The minimum Gasteiger partial charge on any atom is -0.481 e. The van der Waals surface area contributed by atoms with Crippen molar-refractivity contribution in [3.63, 3.8) is 0 Å². The van der Waals surface area contributed by atoms with Crippen LogP contribution in [0.5, 0.6) is 0 Å². The Hall–Kier alpha value is -1.07. The van der Waals surface area contributed by atoms with E-state index in [0.29, 0.717) is 27.9 Å². The number of carboxylic acid groups (broad SMARTS) is 1.